The number of carbonyl (C=O) groups is 1. The molecule has 28 heavy (non-hydrogen) atoms. The molecule has 0 aliphatic rings. The Hall–Kier alpha value is -1.80. The number of halogens is 3. The van der Waals surface area contributed by atoms with Gasteiger partial charge in [-0.3, -0.25) is 9.78 Å². The molecule has 1 aromatic carbocycles. The summed E-state index contributed by atoms with van der Waals surface area (Å²) in [5, 5.41) is 12.9. The van der Waals surface area contributed by atoms with E-state index < -0.39 is 0 Å². The summed E-state index contributed by atoms with van der Waals surface area (Å²) in [6.45, 7) is 2.81. The fraction of sp³-hybridized carbons (Fsp3) is 0.222. The Morgan fingerprint density at radius 1 is 1.14 bits per heavy atom. The smallest absolute Gasteiger partial charge is 0.234 e. The molecule has 10 heteroatoms. The van der Waals surface area contributed by atoms with Gasteiger partial charge < -0.3 is 9.88 Å². The van der Waals surface area contributed by atoms with Crippen LogP contribution < -0.4 is 5.32 Å². The van der Waals surface area contributed by atoms with E-state index in [4.69, 9.17) is 34.8 Å². The first kappa shape index (κ1) is 20.9. The summed E-state index contributed by atoms with van der Waals surface area (Å²) < 4.78 is 2.00. The van der Waals surface area contributed by atoms with Crippen LogP contribution in [-0.2, 0) is 11.3 Å². The van der Waals surface area contributed by atoms with E-state index in [9.17, 15) is 4.79 Å². The SMILES string of the molecule is CCCn1c(SCC(=O)Nc2c(Cl)cc(Cl)cc2Cl)nnc1-c1ccncc1. The maximum atomic E-state index is 12.4. The van der Waals surface area contributed by atoms with Crippen LogP contribution >= 0.6 is 46.6 Å². The third kappa shape index (κ3) is 4.97. The standard InChI is InChI=1S/C18H16Cl3N5OS/c1-2-7-26-17(11-3-5-22-6-4-11)24-25-18(26)28-10-15(27)23-16-13(20)8-12(19)9-14(16)21/h3-6,8-9H,2,7,10H2,1H3,(H,23,27). The number of hydrogen-bond acceptors (Lipinski definition) is 5. The van der Waals surface area contributed by atoms with Crippen molar-refractivity contribution in [1.29, 1.82) is 0 Å². The highest BCUT2D eigenvalue weighted by molar-refractivity contribution is 7.99. The molecule has 2 heterocycles. The van der Waals surface area contributed by atoms with E-state index in [2.05, 4.69) is 27.4 Å². The minimum Gasteiger partial charge on any atom is -0.323 e. The summed E-state index contributed by atoms with van der Waals surface area (Å²) >= 11 is 19.4. The number of thioether (sulfide) groups is 1. The first-order chi connectivity index (χ1) is 13.5. The number of rotatable bonds is 7. The number of aromatic nitrogens is 4. The van der Waals surface area contributed by atoms with Crippen molar-refractivity contribution in [1.82, 2.24) is 19.7 Å². The van der Waals surface area contributed by atoms with E-state index >= 15 is 0 Å². The number of nitrogens with one attached hydrogen (secondary N) is 1. The van der Waals surface area contributed by atoms with Gasteiger partial charge >= 0.3 is 0 Å². The van der Waals surface area contributed by atoms with Gasteiger partial charge in [-0.05, 0) is 30.7 Å². The van der Waals surface area contributed by atoms with E-state index in [-0.39, 0.29) is 21.7 Å². The minimum absolute atomic E-state index is 0.132. The van der Waals surface area contributed by atoms with Crippen molar-refractivity contribution in [2.45, 2.75) is 25.0 Å². The predicted molar refractivity (Wildman–Crippen MR) is 114 cm³/mol. The number of benzene rings is 1. The Morgan fingerprint density at radius 2 is 1.82 bits per heavy atom. The first-order valence-corrected chi connectivity index (χ1v) is 10.5. The molecule has 0 radical (unpaired) electrons. The van der Waals surface area contributed by atoms with Crippen molar-refractivity contribution in [2.24, 2.45) is 0 Å². The van der Waals surface area contributed by atoms with E-state index in [0.717, 1.165) is 24.4 Å². The van der Waals surface area contributed by atoms with Gasteiger partial charge in [0, 0.05) is 29.5 Å². The maximum Gasteiger partial charge on any atom is 0.234 e. The molecule has 0 unspecified atom stereocenters. The van der Waals surface area contributed by atoms with E-state index in [0.29, 0.717) is 15.9 Å². The molecule has 6 nitrogen and oxygen atoms in total. The predicted octanol–water partition coefficient (Wildman–Crippen LogP) is 5.44. The van der Waals surface area contributed by atoms with E-state index in [1.807, 2.05) is 16.7 Å². The van der Waals surface area contributed by atoms with Crippen molar-refractivity contribution >= 4 is 58.2 Å². The number of nitrogens with zero attached hydrogens (tertiary/aromatic N) is 4. The van der Waals surface area contributed by atoms with Crippen molar-refractivity contribution in [3.8, 4) is 11.4 Å². The third-order valence-corrected chi connectivity index (χ3v) is 5.49. The third-order valence-electron chi connectivity index (χ3n) is 3.71. The zero-order valence-corrected chi connectivity index (χ0v) is 17.9. The lowest BCUT2D eigenvalue weighted by molar-refractivity contribution is -0.113. The molecule has 0 aliphatic heterocycles. The largest absolute Gasteiger partial charge is 0.323 e. The molecule has 0 saturated heterocycles. The van der Waals surface area contributed by atoms with Crippen LogP contribution in [0, 0.1) is 0 Å². The highest BCUT2D eigenvalue weighted by atomic mass is 35.5. The van der Waals surface area contributed by atoms with Crippen LogP contribution in [-0.4, -0.2) is 31.4 Å². The topological polar surface area (TPSA) is 72.7 Å². The molecule has 0 atom stereocenters. The molecule has 146 valence electrons. The fourth-order valence-corrected chi connectivity index (χ4v) is 4.18. The van der Waals surface area contributed by atoms with Gasteiger partial charge in [-0.25, -0.2) is 0 Å². The number of pyridine rings is 1. The van der Waals surface area contributed by atoms with Gasteiger partial charge in [0.2, 0.25) is 5.91 Å². The lowest BCUT2D eigenvalue weighted by Crippen LogP contribution is -2.15. The lowest BCUT2D eigenvalue weighted by Gasteiger charge is -2.11. The zero-order chi connectivity index (χ0) is 20.1. The van der Waals surface area contributed by atoms with Gasteiger partial charge in [0.25, 0.3) is 0 Å². The zero-order valence-electron chi connectivity index (χ0n) is 14.8. The van der Waals surface area contributed by atoms with Gasteiger partial charge in [-0.1, -0.05) is 53.5 Å². The van der Waals surface area contributed by atoms with Crippen molar-refractivity contribution < 1.29 is 4.79 Å². The van der Waals surface area contributed by atoms with Crippen molar-refractivity contribution in [2.75, 3.05) is 11.1 Å². The minimum atomic E-state index is -0.257. The van der Waals surface area contributed by atoms with Gasteiger partial charge in [0.15, 0.2) is 11.0 Å². The van der Waals surface area contributed by atoms with Crippen LogP contribution in [0.1, 0.15) is 13.3 Å². The molecule has 2 aromatic heterocycles. The van der Waals surface area contributed by atoms with Gasteiger partial charge in [0.1, 0.15) is 0 Å². The Balaban J connectivity index is 1.72. The van der Waals surface area contributed by atoms with Crippen LogP contribution in [0.4, 0.5) is 5.69 Å². The van der Waals surface area contributed by atoms with Gasteiger partial charge in [0.05, 0.1) is 21.5 Å². The molecule has 1 N–H and O–H groups in total. The number of carbonyl (C=O) groups excluding carboxylic acids is 1. The Kier molecular flexibility index (Phi) is 7.18. The number of hydrogen-bond donors (Lipinski definition) is 1. The summed E-state index contributed by atoms with van der Waals surface area (Å²) in [5.41, 5.74) is 1.26. The Labute approximate surface area is 181 Å². The Bertz CT molecular complexity index is 958. The summed E-state index contributed by atoms with van der Waals surface area (Å²) in [5.74, 6) is 0.622. The summed E-state index contributed by atoms with van der Waals surface area (Å²) in [4.78, 5) is 16.4. The summed E-state index contributed by atoms with van der Waals surface area (Å²) in [6.07, 6.45) is 4.33. The number of anilines is 1. The van der Waals surface area contributed by atoms with Crippen LogP contribution in [0.2, 0.25) is 15.1 Å². The van der Waals surface area contributed by atoms with Crippen LogP contribution in [0.25, 0.3) is 11.4 Å². The number of amides is 1. The lowest BCUT2D eigenvalue weighted by atomic mass is 10.2. The van der Waals surface area contributed by atoms with E-state index in [1.165, 1.54) is 23.9 Å². The molecule has 0 fully saturated rings. The second-order valence-corrected chi connectivity index (χ2v) is 7.97. The highest BCUT2D eigenvalue weighted by Crippen LogP contribution is 2.34. The molecule has 3 rings (SSSR count). The monoisotopic (exact) mass is 455 g/mol. The maximum absolute atomic E-state index is 12.4. The molecular formula is C18H16Cl3N5OS. The molecule has 0 spiro atoms. The van der Waals surface area contributed by atoms with Crippen LogP contribution in [0.15, 0.2) is 41.8 Å². The normalized spacial score (nSPS) is 10.9. The molecule has 1 amide bonds. The quantitative estimate of drug-likeness (QED) is 0.479. The fourth-order valence-electron chi connectivity index (χ4n) is 2.50. The second-order valence-electron chi connectivity index (χ2n) is 5.77. The van der Waals surface area contributed by atoms with Crippen molar-refractivity contribution in [3.05, 3.63) is 51.7 Å². The highest BCUT2D eigenvalue weighted by Gasteiger charge is 2.16. The van der Waals surface area contributed by atoms with Crippen LogP contribution in [0.5, 0.6) is 0 Å². The first-order valence-electron chi connectivity index (χ1n) is 8.40. The van der Waals surface area contributed by atoms with Crippen molar-refractivity contribution in [3.63, 3.8) is 0 Å². The molecule has 0 aliphatic carbocycles. The molecule has 0 saturated carbocycles. The Morgan fingerprint density at radius 3 is 2.46 bits per heavy atom. The average molecular weight is 457 g/mol. The molecular weight excluding hydrogens is 441 g/mol. The van der Waals surface area contributed by atoms with Gasteiger partial charge in [-0.2, -0.15) is 0 Å². The molecule has 3 aromatic rings. The van der Waals surface area contributed by atoms with E-state index in [1.54, 1.807) is 12.4 Å². The summed E-state index contributed by atoms with van der Waals surface area (Å²) in [7, 11) is 0. The molecule has 0 bridgehead atoms. The van der Waals surface area contributed by atoms with Crippen LogP contribution in [0.3, 0.4) is 0 Å². The summed E-state index contributed by atoms with van der Waals surface area (Å²) in [6, 6.07) is 6.80. The van der Waals surface area contributed by atoms with Gasteiger partial charge in [-0.15, -0.1) is 10.2 Å². The second kappa shape index (κ2) is 9.60. The average Bonchev–Trinajstić information content (AvgIpc) is 3.07.